The Hall–Kier alpha value is -0.830. The Labute approximate surface area is 48.6 Å². The molecule has 0 aliphatic heterocycles. The maximum Gasteiger partial charge on any atom is 0.243 e. The van der Waals surface area contributed by atoms with E-state index in [1.54, 1.807) is 0 Å². The molecule has 0 aromatic heterocycles. The van der Waals surface area contributed by atoms with E-state index in [1.165, 1.54) is 6.08 Å². The predicted octanol–water partition coefficient (Wildman–Crippen LogP) is -0.753. The van der Waals surface area contributed by atoms with Crippen LogP contribution in [0.5, 0.6) is 0 Å². The Morgan fingerprint density at radius 3 is 2.88 bits per heavy atom. The SMILES string of the molecule is C=CC(=O)NCCN. The molecule has 8 heavy (non-hydrogen) atoms. The summed E-state index contributed by atoms with van der Waals surface area (Å²) in [5.74, 6) is -0.171. The summed E-state index contributed by atoms with van der Waals surface area (Å²) < 4.78 is 0. The second-order valence-electron chi connectivity index (χ2n) is 1.28. The highest BCUT2D eigenvalue weighted by atomic mass is 16.1. The molecular formula is C5H10N2O. The van der Waals surface area contributed by atoms with E-state index in [9.17, 15) is 4.79 Å². The number of hydrogen-bond donors (Lipinski definition) is 2. The monoisotopic (exact) mass is 114 g/mol. The molecule has 0 aliphatic carbocycles. The molecule has 3 nitrogen and oxygen atoms in total. The predicted molar refractivity (Wildman–Crippen MR) is 32.3 cm³/mol. The normalized spacial score (nSPS) is 8.12. The van der Waals surface area contributed by atoms with E-state index >= 15 is 0 Å². The third-order valence-electron chi connectivity index (χ3n) is 0.629. The first-order valence-corrected chi connectivity index (χ1v) is 2.41. The zero-order chi connectivity index (χ0) is 6.41. The highest BCUT2D eigenvalue weighted by Gasteiger charge is 1.86. The van der Waals surface area contributed by atoms with Crippen LogP contribution in [0.3, 0.4) is 0 Å². The van der Waals surface area contributed by atoms with E-state index in [2.05, 4.69) is 11.9 Å². The molecule has 0 saturated carbocycles. The molecule has 3 N–H and O–H groups in total. The summed E-state index contributed by atoms with van der Waals surface area (Å²) >= 11 is 0. The second kappa shape index (κ2) is 4.33. The first-order chi connectivity index (χ1) is 3.81. The number of amides is 1. The minimum absolute atomic E-state index is 0.171. The lowest BCUT2D eigenvalue weighted by Gasteiger charge is -1.94. The summed E-state index contributed by atoms with van der Waals surface area (Å²) in [5.41, 5.74) is 5.08. The highest BCUT2D eigenvalue weighted by molar-refractivity contribution is 5.86. The van der Waals surface area contributed by atoms with E-state index in [4.69, 9.17) is 5.73 Å². The third kappa shape index (κ3) is 3.36. The number of carbonyl (C=O) groups excluding carboxylic acids is 1. The minimum Gasteiger partial charge on any atom is -0.351 e. The van der Waals surface area contributed by atoms with Gasteiger partial charge in [0.25, 0.3) is 0 Å². The molecule has 0 atom stereocenters. The van der Waals surface area contributed by atoms with Crippen molar-refractivity contribution >= 4 is 5.91 Å². The Kier molecular flexibility index (Phi) is 3.88. The molecule has 0 fully saturated rings. The van der Waals surface area contributed by atoms with Crippen molar-refractivity contribution in [2.75, 3.05) is 13.1 Å². The van der Waals surface area contributed by atoms with Crippen LogP contribution < -0.4 is 11.1 Å². The van der Waals surface area contributed by atoms with Gasteiger partial charge in [0, 0.05) is 13.1 Å². The van der Waals surface area contributed by atoms with Crippen molar-refractivity contribution in [3.8, 4) is 0 Å². The van der Waals surface area contributed by atoms with Gasteiger partial charge in [-0.25, -0.2) is 0 Å². The minimum atomic E-state index is -0.171. The third-order valence-corrected chi connectivity index (χ3v) is 0.629. The van der Waals surface area contributed by atoms with Crippen LogP contribution >= 0.6 is 0 Å². The fourth-order valence-corrected chi connectivity index (χ4v) is 0.268. The van der Waals surface area contributed by atoms with Gasteiger partial charge in [0.05, 0.1) is 0 Å². The lowest BCUT2D eigenvalue weighted by molar-refractivity contribution is -0.116. The average Bonchev–Trinajstić information content (AvgIpc) is 1.83. The van der Waals surface area contributed by atoms with Crippen molar-refractivity contribution in [3.63, 3.8) is 0 Å². The van der Waals surface area contributed by atoms with Crippen LogP contribution in [0.25, 0.3) is 0 Å². The van der Waals surface area contributed by atoms with Crippen molar-refractivity contribution < 1.29 is 4.79 Å². The Bertz CT molecular complexity index is 90.4. The quantitative estimate of drug-likeness (QED) is 0.474. The van der Waals surface area contributed by atoms with Gasteiger partial charge in [0.1, 0.15) is 0 Å². The van der Waals surface area contributed by atoms with Crippen LogP contribution in [-0.4, -0.2) is 19.0 Å². The van der Waals surface area contributed by atoms with Gasteiger partial charge in [-0.3, -0.25) is 4.79 Å². The average molecular weight is 114 g/mol. The first-order valence-electron chi connectivity index (χ1n) is 2.41. The van der Waals surface area contributed by atoms with Gasteiger partial charge in [0.2, 0.25) is 5.91 Å². The molecule has 0 bridgehead atoms. The Morgan fingerprint density at radius 1 is 1.88 bits per heavy atom. The van der Waals surface area contributed by atoms with Gasteiger partial charge in [-0.05, 0) is 6.08 Å². The van der Waals surface area contributed by atoms with E-state index < -0.39 is 0 Å². The van der Waals surface area contributed by atoms with Crippen molar-refractivity contribution in [1.82, 2.24) is 5.32 Å². The van der Waals surface area contributed by atoms with Crippen LogP contribution in [0.2, 0.25) is 0 Å². The molecule has 0 rings (SSSR count). The van der Waals surface area contributed by atoms with Crippen molar-refractivity contribution in [2.24, 2.45) is 5.73 Å². The molecule has 0 radical (unpaired) electrons. The lowest BCUT2D eigenvalue weighted by atomic mass is 10.5. The number of nitrogens with two attached hydrogens (primary N) is 1. The van der Waals surface area contributed by atoms with Crippen LogP contribution in [0.15, 0.2) is 12.7 Å². The van der Waals surface area contributed by atoms with Crippen molar-refractivity contribution in [3.05, 3.63) is 12.7 Å². The van der Waals surface area contributed by atoms with Crippen LogP contribution in [0.1, 0.15) is 0 Å². The van der Waals surface area contributed by atoms with Gasteiger partial charge in [-0.2, -0.15) is 0 Å². The zero-order valence-corrected chi connectivity index (χ0v) is 4.68. The fraction of sp³-hybridized carbons (Fsp3) is 0.400. The molecule has 1 amide bonds. The van der Waals surface area contributed by atoms with Crippen molar-refractivity contribution in [2.45, 2.75) is 0 Å². The maximum absolute atomic E-state index is 10.3. The molecule has 0 aromatic rings. The van der Waals surface area contributed by atoms with E-state index in [0.29, 0.717) is 13.1 Å². The second-order valence-corrected chi connectivity index (χ2v) is 1.28. The topological polar surface area (TPSA) is 55.1 Å². The Morgan fingerprint density at radius 2 is 2.50 bits per heavy atom. The fourth-order valence-electron chi connectivity index (χ4n) is 0.268. The molecule has 3 heteroatoms. The largest absolute Gasteiger partial charge is 0.351 e. The Balaban J connectivity index is 3.11. The van der Waals surface area contributed by atoms with E-state index in [0.717, 1.165) is 0 Å². The van der Waals surface area contributed by atoms with Gasteiger partial charge >= 0.3 is 0 Å². The summed E-state index contributed by atoms with van der Waals surface area (Å²) in [6, 6.07) is 0. The zero-order valence-electron chi connectivity index (χ0n) is 4.68. The van der Waals surface area contributed by atoms with Gasteiger partial charge in [0.15, 0.2) is 0 Å². The van der Waals surface area contributed by atoms with Crippen LogP contribution in [0.4, 0.5) is 0 Å². The molecular weight excluding hydrogens is 104 g/mol. The molecule has 0 spiro atoms. The van der Waals surface area contributed by atoms with Gasteiger partial charge in [-0.1, -0.05) is 6.58 Å². The summed E-state index contributed by atoms with van der Waals surface area (Å²) in [4.78, 5) is 10.3. The number of carbonyl (C=O) groups is 1. The van der Waals surface area contributed by atoms with Crippen LogP contribution in [-0.2, 0) is 4.79 Å². The van der Waals surface area contributed by atoms with Crippen LogP contribution in [0, 0.1) is 0 Å². The molecule has 0 saturated heterocycles. The van der Waals surface area contributed by atoms with Crippen molar-refractivity contribution in [1.29, 1.82) is 0 Å². The molecule has 0 aromatic carbocycles. The highest BCUT2D eigenvalue weighted by Crippen LogP contribution is 1.61. The summed E-state index contributed by atoms with van der Waals surface area (Å²) in [5, 5.41) is 2.50. The number of nitrogens with one attached hydrogen (secondary N) is 1. The summed E-state index contributed by atoms with van der Waals surface area (Å²) in [6.07, 6.45) is 1.22. The molecule has 46 valence electrons. The maximum atomic E-state index is 10.3. The van der Waals surface area contributed by atoms with Gasteiger partial charge in [-0.15, -0.1) is 0 Å². The molecule has 0 heterocycles. The summed E-state index contributed by atoms with van der Waals surface area (Å²) in [6.45, 7) is 4.25. The van der Waals surface area contributed by atoms with Gasteiger partial charge < -0.3 is 11.1 Å². The molecule has 0 aliphatic rings. The smallest absolute Gasteiger partial charge is 0.243 e. The molecule has 0 unspecified atom stereocenters. The summed E-state index contributed by atoms with van der Waals surface area (Å²) in [7, 11) is 0. The standard InChI is InChI=1S/C5H10N2O/c1-2-5(8)7-4-3-6/h2H,1,3-4,6H2,(H,7,8). The first kappa shape index (κ1) is 7.17. The van der Waals surface area contributed by atoms with E-state index in [1.807, 2.05) is 0 Å². The number of hydrogen-bond acceptors (Lipinski definition) is 2. The number of rotatable bonds is 3. The van der Waals surface area contributed by atoms with E-state index in [-0.39, 0.29) is 5.91 Å². The lowest BCUT2D eigenvalue weighted by Crippen LogP contribution is -2.27.